The molecule has 8 nitrogen and oxygen atoms in total. The van der Waals surface area contributed by atoms with Crippen molar-refractivity contribution in [1.29, 1.82) is 0 Å². The van der Waals surface area contributed by atoms with Crippen molar-refractivity contribution >= 4 is 39.9 Å². The van der Waals surface area contributed by atoms with E-state index in [0.29, 0.717) is 23.8 Å². The fourth-order valence-electron chi connectivity index (χ4n) is 3.23. The Bertz CT molecular complexity index is 1040. The van der Waals surface area contributed by atoms with E-state index < -0.39 is 0 Å². The fraction of sp³-hybridized carbons (Fsp3) is 0.300. The third-order valence-corrected chi connectivity index (χ3v) is 5.70. The molecule has 1 aromatic heterocycles. The molecule has 0 fully saturated rings. The van der Waals surface area contributed by atoms with Gasteiger partial charge in [0, 0.05) is 28.6 Å². The lowest BCUT2D eigenvalue weighted by atomic mass is 10.2. The van der Waals surface area contributed by atoms with Crippen molar-refractivity contribution < 1.29 is 9.47 Å². The van der Waals surface area contributed by atoms with Gasteiger partial charge in [0.1, 0.15) is 24.2 Å². The third-order valence-electron chi connectivity index (χ3n) is 4.67. The molecule has 0 radical (unpaired) electrons. The second-order valence-corrected chi connectivity index (χ2v) is 8.13. The number of benzene rings is 2. The zero-order chi connectivity index (χ0) is 20.5. The van der Waals surface area contributed by atoms with Crippen molar-refractivity contribution in [2.75, 3.05) is 45.0 Å². The van der Waals surface area contributed by atoms with Gasteiger partial charge in [0.25, 0.3) is 0 Å². The molecule has 29 heavy (non-hydrogen) atoms. The Morgan fingerprint density at radius 2 is 2.00 bits per heavy atom. The largest absolute Gasteiger partial charge is 0.493 e. The molecule has 1 atom stereocenters. The molecule has 0 aliphatic carbocycles. The van der Waals surface area contributed by atoms with Gasteiger partial charge in [-0.05, 0) is 38.4 Å². The summed E-state index contributed by atoms with van der Waals surface area (Å²) in [7, 11) is 5.63. The van der Waals surface area contributed by atoms with Gasteiger partial charge in [0.2, 0.25) is 0 Å². The van der Waals surface area contributed by atoms with Crippen LogP contribution in [0.4, 0.5) is 17.2 Å². The first-order valence-corrected chi connectivity index (χ1v) is 10.1. The van der Waals surface area contributed by atoms with Crippen LogP contribution in [0.2, 0.25) is 0 Å². The number of methoxy groups -OCH3 is 1. The Labute approximate surface area is 173 Å². The fourth-order valence-corrected chi connectivity index (χ4v) is 4.30. The van der Waals surface area contributed by atoms with Crippen LogP contribution < -0.4 is 25.8 Å². The number of rotatable bonds is 6. The summed E-state index contributed by atoms with van der Waals surface area (Å²) in [5, 5.41) is 0.838. The Morgan fingerprint density at radius 3 is 2.76 bits per heavy atom. The number of aromatic nitrogens is 2. The van der Waals surface area contributed by atoms with Crippen LogP contribution in [0.1, 0.15) is 0 Å². The maximum Gasteiger partial charge on any atom is 0.163 e. The quantitative estimate of drug-likeness (QED) is 0.591. The van der Waals surface area contributed by atoms with Crippen LogP contribution in [0.25, 0.3) is 10.9 Å². The van der Waals surface area contributed by atoms with Gasteiger partial charge in [0.05, 0.1) is 18.3 Å². The summed E-state index contributed by atoms with van der Waals surface area (Å²) in [6, 6.07) is 9.55. The van der Waals surface area contributed by atoms with Crippen LogP contribution in [0.15, 0.2) is 41.6 Å². The van der Waals surface area contributed by atoms with E-state index in [1.807, 2.05) is 49.3 Å². The van der Waals surface area contributed by atoms with Crippen LogP contribution in [0.5, 0.6) is 11.5 Å². The summed E-state index contributed by atoms with van der Waals surface area (Å²) in [6.45, 7) is 1.35. The van der Waals surface area contributed by atoms with Gasteiger partial charge >= 0.3 is 0 Å². The number of nitrogens with two attached hydrogens (primary N) is 2. The number of hydrogen-bond acceptors (Lipinski definition) is 9. The smallest absolute Gasteiger partial charge is 0.163 e. The molecule has 0 saturated carbocycles. The molecule has 1 aliphatic heterocycles. The molecule has 0 amide bonds. The SMILES string of the molecule is COc1cc2c(N3c4ccc(N)cc4SC3N)ncnc2cc1OCCN(C)C. The normalized spacial score (nSPS) is 15.8. The first-order chi connectivity index (χ1) is 14.0. The highest BCUT2D eigenvalue weighted by Crippen LogP contribution is 2.47. The lowest BCUT2D eigenvalue weighted by Gasteiger charge is -2.24. The minimum atomic E-state index is -0.313. The van der Waals surface area contributed by atoms with Crippen molar-refractivity contribution in [2.24, 2.45) is 5.73 Å². The standard InChI is InChI=1S/C20H24N6O2S/c1-25(2)6-7-28-17-10-14-13(9-16(17)27-3)19(24-11-23-14)26-15-5-4-12(21)8-18(15)29-20(26)22/h4-5,8-11,20H,6-7,21-22H2,1-3H3. The van der Waals surface area contributed by atoms with Crippen molar-refractivity contribution in [2.45, 2.75) is 10.4 Å². The molecule has 0 saturated heterocycles. The van der Waals surface area contributed by atoms with Gasteiger partial charge in [-0.25, -0.2) is 9.97 Å². The van der Waals surface area contributed by atoms with Crippen molar-refractivity contribution in [3.05, 3.63) is 36.7 Å². The minimum absolute atomic E-state index is 0.313. The zero-order valence-electron chi connectivity index (χ0n) is 16.6. The van der Waals surface area contributed by atoms with Gasteiger partial charge in [-0.2, -0.15) is 0 Å². The average molecular weight is 413 g/mol. The van der Waals surface area contributed by atoms with Crippen LogP contribution in [0, 0.1) is 0 Å². The number of likely N-dealkylation sites (N-methyl/N-ethyl adjacent to an activating group) is 1. The first kappa shape index (κ1) is 19.6. The number of nitrogens with zero attached hydrogens (tertiary/aromatic N) is 4. The second kappa shape index (κ2) is 7.94. The van der Waals surface area contributed by atoms with Gasteiger partial charge in [0.15, 0.2) is 11.5 Å². The van der Waals surface area contributed by atoms with Gasteiger partial charge in [-0.3, -0.25) is 4.90 Å². The van der Waals surface area contributed by atoms with E-state index in [1.165, 1.54) is 0 Å². The Kier molecular flexibility index (Phi) is 5.35. The molecule has 0 spiro atoms. The highest BCUT2D eigenvalue weighted by Gasteiger charge is 2.31. The summed E-state index contributed by atoms with van der Waals surface area (Å²) in [4.78, 5) is 14.1. The summed E-state index contributed by atoms with van der Waals surface area (Å²) in [5.41, 5.74) is 14.5. The van der Waals surface area contributed by atoms with Gasteiger partial charge in [-0.15, -0.1) is 0 Å². The molecule has 9 heteroatoms. The number of thioether (sulfide) groups is 1. The zero-order valence-corrected chi connectivity index (χ0v) is 17.4. The summed E-state index contributed by atoms with van der Waals surface area (Å²) < 4.78 is 11.5. The molecule has 1 aliphatic rings. The number of fused-ring (bicyclic) bond motifs is 2. The van der Waals surface area contributed by atoms with E-state index in [1.54, 1.807) is 25.2 Å². The average Bonchev–Trinajstić information content (AvgIpc) is 3.01. The number of anilines is 3. The monoisotopic (exact) mass is 412 g/mol. The molecular formula is C20H24N6O2S. The van der Waals surface area contributed by atoms with Gasteiger partial charge in [-0.1, -0.05) is 11.8 Å². The molecule has 152 valence electrons. The van der Waals surface area contributed by atoms with Crippen molar-refractivity contribution in [1.82, 2.24) is 14.9 Å². The lowest BCUT2D eigenvalue weighted by Crippen LogP contribution is -2.32. The highest BCUT2D eigenvalue weighted by molar-refractivity contribution is 8.00. The topological polar surface area (TPSA) is 103 Å². The predicted octanol–water partition coefficient (Wildman–Crippen LogP) is 2.65. The van der Waals surface area contributed by atoms with E-state index in [4.69, 9.17) is 20.9 Å². The Balaban J connectivity index is 1.77. The van der Waals surface area contributed by atoms with Crippen LogP contribution in [0.3, 0.4) is 0 Å². The summed E-state index contributed by atoms with van der Waals surface area (Å²) in [6.07, 6.45) is 1.54. The number of ether oxygens (including phenoxy) is 2. The van der Waals surface area contributed by atoms with Crippen LogP contribution in [-0.4, -0.2) is 54.7 Å². The molecule has 0 bridgehead atoms. The van der Waals surface area contributed by atoms with Crippen molar-refractivity contribution in [3.8, 4) is 11.5 Å². The molecule has 3 aromatic rings. The van der Waals surface area contributed by atoms with E-state index in [0.717, 1.165) is 33.8 Å². The number of nitrogen functional groups attached to an aromatic ring is 1. The first-order valence-electron chi connectivity index (χ1n) is 9.19. The molecule has 2 heterocycles. The van der Waals surface area contributed by atoms with E-state index >= 15 is 0 Å². The maximum absolute atomic E-state index is 6.42. The van der Waals surface area contributed by atoms with Crippen molar-refractivity contribution in [3.63, 3.8) is 0 Å². The van der Waals surface area contributed by atoms with E-state index in [-0.39, 0.29) is 5.50 Å². The molecular weight excluding hydrogens is 388 g/mol. The van der Waals surface area contributed by atoms with Crippen LogP contribution in [-0.2, 0) is 0 Å². The lowest BCUT2D eigenvalue weighted by molar-refractivity contribution is 0.251. The number of hydrogen-bond donors (Lipinski definition) is 2. The van der Waals surface area contributed by atoms with E-state index in [9.17, 15) is 0 Å². The Morgan fingerprint density at radius 1 is 1.17 bits per heavy atom. The summed E-state index contributed by atoms with van der Waals surface area (Å²) in [5.74, 6) is 2.00. The molecule has 2 aromatic carbocycles. The maximum atomic E-state index is 6.42. The predicted molar refractivity (Wildman–Crippen MR) is 117 cm³/mol. The second-order valence-electron chi connectivity index (χ2n) is 6.97. The molecule has 4 rings (SSSR count). The third kappa shape index (κ3) is 3.76. The molecule has 4 N–H and O–H groups in total. The van der Waals surface area contributed by atoms with Crippen LogP contribution >= 0.6 is 11.8 Å². The molecule has 1 unspecified atom stereocenters. The Hall–Kier alpha value is -2.75. The van der Waals surface area contributed by atoms with E-state index in [2.05, 4.69) is 14.9 Å². The summed E-state index contributed by atoms with van der Waals surface area (Å²) >= 11 is 1.55. The minimum Gasteiger partial charge on any atom is -0.493 e. The highest BCUT2D eigenvalue weighted by atomic mass is 32.2. The van der Waals surface area contributed by atoms with Gasteiger partial charge < -0.3 is 25.8 Å².